The predicted molar refractivity (Wildman–Crippen MR) is 69.0 cm³/mol. The van der Waals surface area contributed by atoms with Crippen LogP contribution in [0.25, 0.3) is 0 Å². The molecule has 1 aliphatic rings. The summed E-state index contributed by atoms with van der Waals surface area (Å²) in [6.45, 7) is 6.43. The number of nitrogens with two attached hydrogens (primary N) is 1. The van der Waals surface area contributed by atoms with Gasteiger partial charge in [0.05, 0.1) is 5.88 Å². The molecule has 2 rings (SSSR count). The first-order chi connectivity index (χ1) is 8.08. The summed E-state index contributed by atoms with van der Waals surface area (Å²) in [7, 11) is 0. The Morgan fingerprint density at radius 2 is 1.88 bits per heavy atom. The van der Waals surface area contributed by atoms with Gasteiger partial charge in [-0.2, -0.15) is 15.0 Å². The second-order valence-corrected chi connectivity index (χ2v) is 5.16. The molecule has 1 aliphatic heterocycles. The van der Waals surface area contributed by atoms with Crippen molar-refractivity contribution in [3.8, 4) is 0 Å². The molecule has 0 amide bonds. The maximum atomic E-state index is 5.74. The number of piperidine rings is 1. The number of rotatable bonds is 2. The summed E-state index contributed by atoms with van der Waals surface area (Å²) in [5.41, 5.74) is 5.66. The third-order valence-electron chi connectivity index (χ3n) is 2.96. The van der Waals surface area contributed by atoms with Gasteiger partial charge in [0, 0.05) is 13.1 Å². The Hall–Kier alpha value is -1.10. The standard InChI is InChI=1S/C11H18ClN5/c1-7-3-8(2)6-17(5-7)11-15-9(4-12)14-10(13)16-11/h7-8H,3-6H2,1-2H3,(H2,13,14,15,16)/t7-,8-/m1/s1. The molecular weight excluding hydrogens is 238 g/mol. The monoisotopic (exact) mass is 255 g/mol. The van der Waals surface area contributed by atoms with Crippen LogP contribution in [0.4, 0.5) is 11.9 Å². The maximum absolute atomic E-state index is 5.74. The van der Waals surface area contributed by atoms with Gasteiger partial charge in [0.15, 0.2) is 5.82 Å². The molecule has 0 unspecified atom stereocenters. The summed E-state index contributed by atoms with van der Waals surface area (Å²) >= 11 is 5.74. The van der Waals surface area contributed by atoms with Crippen molar-refractivity contribution in [1.82, 2.24) is 15.0 Å². The number of halogens is 1. The molecule has 0 bridgehead atoms. The molecule has 2 atom stereocenters. The van der Waals surface area contributed by atoms with E-state index in [1.165, 1.54) is 6.42 Å². The van der Waals surface area contributed by atoms with Gasteiger partial charge < -0.3 is 10.6 Å². The summed E-state index contributed by atoms with van der Waals surface area (Å²) < 4.78 is 0. The molecule has 0 radical (unpaired) electrons. The highest BCUT2D eigenvalue weighted by molar-refractivity contribution is 6.16. The largest absolute Gasteiger partial charge is 0.368 e. The van der Waals surface area contributed by atoms with Crippen molar-refractivity contribution in [2.24, 2.45) is 11.8 Å². The van der Waals surface area contributed by atoms with E-state index < -0.39 is 0 Å². The smallest absolute Gasteiger partial charge is 0.230 e. The second-order valence-electron chi connectivity index (χ2n) is 4.89. The fourth-order valence-corrected chi connectivity index (χ4v) is 2.57. The first kappa shape index (κ1) is 12.4. The summed E-state index contributed by atoms with van der Waals surface area (Å²) in [6.07, 6.45) is 1.25. The molecule has 5 nitrogen and oxygen atoms in total. The Morgan fingerprint density at radius 1 is 1.24 bits per heavy atom. The van der Waals surface area contributed by atoms with E-state index in [1.807, 2.05) is 0 Å². The van der Waals surface area contributed by atoms with Crippen molar-refractivity contribution in [3.63, 3.8) is 0 Å². The number of nitrogen functional groups attached to an aromatic ring is 1. The molecule has 94 valence electrons. The van der Waals surface area contributed by atoms with E-state index in [9.17, 15) is 0 Å². The van der Waals surface area contributed by atoms with Crippen LogP contribution < -0.4 is 10.6 Å². The zero-order chi connectivity index (χ0) is 12.4. The zero-order valence-corrected chi connectivity index (χ0v) is 11.0. The summed E-state index contributed by atoms with van der Waals surface area (Å²) in [4.78, 5) is 14.7. The highest BCUT2D eigenvalue weighted by Gasteiger charge is 2.24. The minimum atomic E-state index is 0.247. The number of nitrogens with zero attached hydrogens (tertiary/aromatic N) is 4. The first-order valence-electron chi connectivity index (χ1n) is 5.89. The lowest BCUT2D eigenvalue weighted by Crippen LogP contribution is -2.40. The van der Waals surface area contributed by atoms with Crippen molar-refractivity contribution in [3.05, 3.63) is 5.82 Å². The highest BCUT2D eigenvalue weighted by Crippen LogP contribution is 2.24. The van der Waals surface area contributed by atoms with E-state index in [-0.39, 0.29) is 11.8 Å². The minimum Gasteiger partial charge on any atom is -0.368 e. The zero-order valence-electron chi connectivity index (χ0n) is 10.2. The summed E-state index contributed by atoms with van der Waals surface area (Å²) in [5, 5.41) is 0. The molecule has 0 aromatic carbocycles. The third kappa shape index (κ3) is 2.97. The molecular formula is C11H18ClN5. The van der Waals surface area contributed by atoms with Gasteiger partial charge in [-0.15, -0.1) is 11.6 Å². The van der Waals surface area contributed by atoms with Gasteiger partial charge in [-0.1, -0.05) is 13.8 Å². The number of alkyl halides is 1. The van der Waals surface area contributed by atoms with Gasteiger partial charge in [0.2, 0.25) is 11.9 Å². The number of hydrogen-bond donors (Lipinski definition) is 1. The number of hydrogen-bond acceptors (Lipinski definition) is 5. The van der Waals surface area contributed by atoms with Gasteiger partial charge in [0.1, 0.15) is 0 Å². The van der Waals surface area contributed by atoms with Crippen molar-refractivity contribution in [2.75, 3.05) is 23.7 Å². The molecule has 1 aromatic heterocycles. The first-order valence-corrected chi connectivity index (χ1v) is 6.43. The van der Waals surface area contributed by atoms with E-state index in [4.69, 9.17) is 17.3 Å². The van der Waals surface area contributed by atoms with Crippen LogP contribution in [-0.4, -0.2) is 28.0 Å². The minimum absolute atomic E-state index is 0.247. The van der Waals surface area contributed by atoms with Crippen LogP contribution in [0.1, 0.15) is 26.1 Å². The Bertz CT molecular complexity index is 387. The maximum Gasteiger partial charge on any atom is 0.230 e. The van der Waals surface area contributed by atoms with E-state index in [0.717, 1.165) is 13.1 Å². The third-order valence-corrected chi connectivity index (χ3v) is 3.20. The van der Waals surface area contributed by atoms with Gasteiger partial charge in [-0.05, 0) is 18.3 Å². The molecule has 2 N–H and O–H groups in total. The predicted octanol–water partition coefficient (Wildman–Crippen LogP) is 1.67. The molecule has 1 fully saturated rings. The fourth-order valence-electron chi connectivity index (χ4n) is 2.45. The van der Waals surface area contributed by atoms with Gasteiger partial charge >= 0.3 is 0 Å². The van der Waals surface area contributed by atoms with Crippen LogP contribution >= 0.6 is 11.6 Å². The van der Waals surface area contributed by atoms with E-state index in [1.54, 1.807) is 0 Å². The van der Waals surface area contributed by atoms with Crippen LogP contribution in [0.5, 0.6) is 0 Å². The lowest BCUT2D eigenvalue weighted by Gasteiger charge is -2.34. The molecule has 6 heteroatoms. The Labute approximate surface area is 106 Å². The van der Waals surface area contributed by atoms with E-state index in [2.05, 4.69) is 33.7 Å². The van der Waals surface area contributed by atoms with E-state index in [0.29, 0.717) is 23.6 Å². The van der Waals surface area contributed by atoms with Gasteiger partial charge in [-0.3, -0.25) is 0 Å². The van der Waals surface area contributed by atoms with E-state index >= 15 is 0 Å². The van der Waals surface area contributed by atoms with Crippen molar-refractivity contribution >= 4 is 23.5 Å². The van der Waals surface area contributed by atoms with Gasteiger partial charge in [0.25, 0.3) is 0 Å². The molecule has 0 spiro atoms. The Kier molecular flexibility index (Phi) is 3.66. The summed E-state index contributed by atoms with van der Waals surface area (Å²) in [5.74, 6) is 3.01. The van der Waals surface area contributed by atoms with Crippen LogP contribution in [0.3, 0.4) is 0 Å². The average Bonchev–Trinajstić information content (AvgIpc) is 2.26. The molecule has 1 saturated heterocycles. The quantitative estimate of drug-likeness (QED) is 0.815. The van der Waals surface area contributed by atoms with Crippen LogP contribution in [0, 0.1) is 11.8 Å². The fraction of sp³-hybridized carbons (Fsp3) is 0.727. The second kappa shape index (κ2) is 5.04. The Balaban J connectivity index is 2.23. The molecule has 17 heavy (non-hydrogen) atoms. The van der Waals surface area contributed by atoms with Crippen LogP contribution in [-0.2, 0) is 5.88 Å². The van der Waals surface area contributed by atoms with Gasteiger partial charge in [-0.25, -0.2) is 0 Å². The molecule has 0 saturated carbocycles. The number of aromatic nitrogens is 3. The molecule has 2 heterocycles. The van der Waals surface area contributed by atoms with Crippen molar-refractivity contribution in [1.29, 1.82) is 0 Å². The summed E-state index contributed by atoms with van der Waals surface area (Å²) in [6, 6.07) is 0. The molecule has 1 aromatic rings. The Morgan fingerprint density at radius 3 is 2.47 bits per heavy atom. The lowest BCUT2D eigenvalue weighted by atomic mass is 9.92. The van der Waals surface area contributed by atoms with Crippen molar-refractivity contribution < 1.29 is 0 Å². The highest BCUT2D eigenvalue weighted by atomic mass is 35.5. The number of anilines is 2. The molecule has 0 aliphatic carbocycles. The SMILES string of the molecule is C[C@@H]1C[C@@H](C)CN(c2nc(N)nc(CCl)n2)C1. The van der Waals surface area contributed by atoms with Crippen LogP contribution in [0.2, 0.25) is 0 Å². The average molecular weight is 256 g/mol. The topological polar surface area (TPSA) is 67.9 Å². The van der Waals surface area contributed by atoms with Crippen molar-refractivity contribution in [2.45, 2.75) is 26.1 Å². The normalized spacial score (nSPS) is 25.0. The van der Waals surface area contributed by atoms with Crippen LogP contribution in [0.15, 0.2) is 0 Å². The lowest BCUT2D eigenvalue weighted by molar-refractivity contribution is 0.353.